The number of hydrogen-bond acceptors (Lipinski definition) is 3. The summed E-state index contributed by atoms with van der Waals surface area (Å²) in [6, 6.07) is 8.33. The maximum atomic E-state index is 5.96. The molecule has 1 fully saturated rings. The predicted molar refractivity (Wildman–Crippen MR) is 72.2 cm³/mol. The zero-order valence-electron chi connectivity index (χ0n) is 10.4. The Bertz CT molecular complexity index is 536. The summed E-state index contributed by atoms with van der Waals surface area (Å²) in [5.74, 6) is 0.409. The average molecular weight is 242 g/mol. The first kappa shape index (κ1) is 11.6. The highest BCUT2D eigenvalue weighted by atomic mass is 16.5. The number of nitrogens with two attached hydrogens (primary N) is 1. The predicted octanol–water partition coefficient (Wildman–Crippen LogP) is 2.66. The van der Waals surface area contributed by atoms with E-state index in [0.717, 1.165) is 19.4 Å². The van der Waals surface area contributed by atoms with Gasteiger partial charge >= 0.3 is 0 Å². The molecule has 0 radical (unpaired) electrons. The monoisotopic (exact) mass is 242 g/mol. The Labute approximate surface area is 107 Å². The molecular formula is C15H18N2O. The molecule has 2 aromatic rings. The molecule has 0 bridgehead atoms. The number of nitrogens with zero attached hydrogens (tertiary/aromatic N) is 1. The van der Waals surface area contributed by atoms with Crippen LogP contribution < -0.4 is 5.73 Å². The molecule has 3 rings (SSSR count). The van der Waals surface area contributed by atoms with Crippen molar-refractivity contribution in [2.45, 2.75) is 18.9 Å². The molecule has 1 saturated heterocycles. The lowest BCUT2D eigenvalue weighted by molar-refractivity contribution is -0.0244. The van der Waals surface area contributed by atoms with Crippen LogP contribution in [0.5, 0.6) is 0 Å². The number of aromatic nitrogens is 1. The second-order valence-corrected chi connectivity index (χ2v) is 4.88. The topological polar surface area (TPSA) is 48.1 Å². The van der Waals surface area contributed by atoms with Crippen LogP contribution in [0.25, 0.3) is 10.8 Å². The molecule has 0 aliphatic carbocycles. The summed E-state index contributed by atoms with van der Waals surface area (Å²) in [5, 5.41) is 2.40. The molecule has 2 N–H and O–H groups in total. The van der Waals surface area contributed by atoms with E-state index in [1.54, 1.807) is 0 Å². The lowest BCUT2D eigenvalue weighted by Crippen LogP contribution is -2.28. The van der Waals surface area contributed by atoms with Crippen LogP contribution in [0.3, 0.4) is 0 Å². The zero-order valence-corrected chi connectivity index (χ0v) is 10.4. The minimum Gasteiger partial charge on any atom is -0.373 e. The van der Waals surface area contributed by atoms with Crippen LogP contribution in [-0.4, -0.2) is 18.1 Å². The molecule has 3 nitrogen and oxygen atoms in total. The molecule has 1 aromatic carbocycles. The van der Waals surface area contributed by atoms with Crippen molar-refractivity contribution in [1.82, 2.24) is 4.98 Å². The van der Waals surface area contributed by atoms with E-state index >= 15 is 0 Å². The first-order chi connectivity index (χ1) is 8.90. The fourth-order valence-corrected chi connectivity index (χ4v) is 2.80. The highest BCUT2D eigenvalue weighted by molar-refractivity contribution is 5.84. The highest BCUT2D eigenvalue weighted by Crippen LogP contribution is 2.35. The molecule has 0 spiro atoms. The van der Waals surface area contributed by atoms with Gasteiger partial charge in [-0.05, 0) is 24.8 Å². The molecular weight excluding hydrogens is 224 g/mol. The van der Waals surface area contributed by atoms with E-state index in [4.69, 9.17) is 10.5 Å². The third-order valence-corrected chi connectivity index (χ3v) is 3.75. The van der Waals surface area contributed by atoms with Crippen molar-refractivity contribution >= 4 is 10.8 Å². The van der Waals surface area contributed by atoms with Gasteiger partial charge in [0.25, 0.3) is 0 Å². The van der Waals surface area contributed by atoms with Crippen LogP contribution in [-0.2, 0) is 4.74 Å². The Hall–Kier alpha value is -1.45. The summed E-state index contributed by atoms with van der Waals surface area (Å²) in [7, 11) is 0. The standard InChI is InChI=1S/C15H18N2O/c16-8-11-5-3-7-18-15(11)14-10-17-9-12-4-1-2-6-13(12)14/h1-2,4,6,9-11,15H,3,5,7-8,16H2. The van der Waals surface area contributed by atoms with Gasteiger partial charge in [0, 0.05) is 35.9 Å². The summed E-state index contributed by atoms with van der Waals surface area (Å²) < 4.78 is 5.96. The first-order valence-electron chi connectivity index (χ1n) is 6.54. The molecule has 1 aromatic heterocycles. The van der Waals surface area contributed by atoms with E-state index in [9.17, 15) is 0 Å². The van der Waals surface area contributed by atoms with Gasteiger partial charge in [-0.15, -0.1) is 0 Å². The second-order valence-electron chi connectivity index (χ2n) is 4.88. The highest BCUT2D eigenvalue weighted by Gasteiger charge is 2.27. The van der Waals surface area contributed by atoms with Crippen LogP contribution in [0.15, 0.2) is 36.7 Å². The van der Waals surface area contributed by atoms with Gasteiger partial charge in [0.15, 0.2) is 0 Å². The lowest BCUT2D eigenvalue weighted by Gasteiger charge is -2.31. The summed E-state index contributed by atoms with van der Waals surface area (Å²) in [6.45, 7) is 1.50. The van der Waals surface area contributed by atoms with Crippen LogP contribution in [0.4, 0.5) is 0 Å². The summed E-state index contributed by atoms with van der Waals surface area (Å²) in [6.07, 6.45) is 6.18. The molecule has 0 amide bonds. The summed E-state index contributed by atoms with van der Waals surface area (Å²) >= 11 is 0. The Balaban J connectivity index is 2.07. The van der Waals surface area contributed by atoms with Crippen molar-refractivity contribution in [1.29, 1.82) is 0 Å². The molecule has 2 heterocycles. The second kappa shape index (κ2) is 5.04. The van der Waals surface area contributed by atoms with Gasteiger partial charge in [0.1, 0.15) is 0 Å². The zero-order chi connectivity index (χ0) is 12.4. The van der Waals surface area contributed by atoms with Gasteiger partial charge in [-0.2, -0.15) is 0 Å². The third-order valence-electron chi connectivity index (χ3n) is 3.75. The van der Waals surface area contributed by atoms with Crippen LogP contribution in [0.2, 0.25) is 0 Å². The minimum atomic E-state index is 0.0994. The first-order valence-corrected chi connectivity index (χ1v) is 6.54. The Kier molecular flexibility index (Phi) is 3.26. The van der Waals surface area contributed by atoms with Crippen molar-refractivity contribution in [3.05, 3.63) is 42.2 Å². The number of benzene rings is 1. The molecule has 0 saturated carbocycles. The van der Waals surface area contributed by atoms with Crippen molar-refractivity contribution in [2.75, 3.05) is 13.2 Å². The molecule has 1 aliphatic rings. The van der Waals surface area contributed by atoms with E-state index in [1.807, 2.05) is 18.5 Å². The van der Waals surface area contributed by atoms with Gasteiger partial charge in [0.05, 0.1) is 6.10 Å². The number of pyridine rings is 1. The molecule has 94 valence electrons. The van der Waals surface area contributed by atoms with Gasteiger partial charge in [0.2, 0.25) is 0 Å². The average Bonchev–Trinajstić information content (AvgIpc) is 2.46. The largest absolute Gasteiger partial charge is 0.373 e. The van der Waals surface area contributed by atoms with Gasteiger partial charge in [-0.1, -0.05) is 24.3 Å². The van der Waals surface area contributed by atoms with Gasteiger partial charge in [-0.3, -0.25) is 4.98 Å². The summed E-state index contributed by atoms with van der Waals surface area (Å²) in [4.78, 5) is 4.34. The van der Waals surface area contributed by atoms with E-state index in [0.29, 0.717) is 12.5 Å². The maximum Gasteiger partial charge on any atom is 0.0885 e. The Morgan fingerprint density at radius 3 is 3.06 bits per heavy atom. The lowest BCUT2D eigenvalue weighted by atomic mass is 9.88. The molecule has 18 heavy (non-hydrogen) atoms. The molecule has 2 unspecified atom stereocenters. The van der Waals surface area contributed by atoms with E-state index in [1.165, 1.54) is 16.3 Å². The van der Waals surface area contributed by atoms with E-state index < -0.39 is 0 Å². The SMILES string of the molecule is NCC1CCCOC1c1cncc2ccccc12. The number of rotatable bonds is 2. The Morgan fingerprint density at radius 2 is 2.17 bits per heavy atom. The number of ether oxygens (including phenoxy) is 1. The smallest absolute Gasteiger partial charge is 0.0885 e. The van der Waals surface area contributed by atoms with E-state index in [-0.39, 0.29) is 6.10 Å². The van der Waals surface area contributed by atoms with Crippen molar-refractivity contribution in [3.63, 3.8) is 0 Å². The third kappa shape index (κ3) is 2.00. The number of fused-ring (bicyclic) bond motifs is 1. The fraction of sp³-hybridized carbons (Fsp3) is 0.400. The van der Waals surface area contributed by atoms with Gasteiger partial charge in [-0.25, -0.2) is 0 Å². The van der Waals surface area contributed by atoms with Crippen LogP contribution >= 0.6 is 0 Å². The minimum absolute atomic E-state index is 0.0994. The van der Waals surface area contributed by atoms with Crippen LogP contribution in [0, 0.1) is 5.92 Å². The van der Waals surface area contributed by atoms with Crippen molar-refractivity contribution in [2.24, 2.45) is 11.7 Å². The molecule has 1 aliphatic heterocycles. The fourth-order valence-electron chi connectivity index (χ4n) is 2.80. The maximum absolute atomic E-state index is 5.96. The number of hydrogen-bond donors (Lipinski definition) is 1. The van der Waals surface area contributed by atoms with Gasteiger partial charge < -0.3 is 10.5 Å². The van der Waals surface area contributed by atoms with Crippen molar-refractivity contribution < 1.29 is 4.74 Å². The molecule has 2 atom stereocenters. The molecule has 3 heteroatoms. The van der Waals surface area contributed by atoms with Crippen molar-refractivity contribution in [3.8, 4) is 0 Å². The Morgan fingerprint density at radius 1 is 1.28 bits per heavy atom. The normalized spacial score (nSPS) is 24.3. The van der Waals surface area contributed by atoms with E-state index in [2.05, 4.69) is 23.2 Å². The van der Waals surface area contributed by atoms with Crippen LogP contribution in [0.1, 0.15) is 24.5 Å². The summed E-state index contributed by atoms with van der Waals surface area (Å²) in [5.41, 5.74) is 7.06. The quantitative estimate of drug-likeness (QED) is 0.880.